The molecule has 0 saturated carbocycles. The Morgan fingerprint density at radius 1 is 1.38 bits per heavy atom. The van der Waals surface area contributed by atoms with Gasteiger partial charge in [-0.2, -0.15) is 10.1 Å². The van der Waals surface area contributed by atoms with Crippen molar-refractivity contribution in [3.05, 3.63) is 45.8 Å². The monoisotopic (exact) mass is 416 g/mol. The third-order valence-corrected chi connectivity index (χ3v) is 5.33. The SMILES string of the molecule is CCOc1ccc(Br)cc1C1C2=C(CC(C)(C)CC2=O)Nc2ncnn21. The molecule has 2 heterocycles. The number of Topliss-reactive ketones (excluding diaryl/α,β-unsaturated/α-hetero) is 1. The van der Waals surface area contributed by atoms with Crippen LogP contribution in [0, 0.1) is 5.41 Å². The standard InChI is InChI=1S/C19H21BrN4O2/c1-4-26-15-6-5-11(20)7-12(15)17-16-13(8-19(2,3)9-14(16)25)23-18-21-10-22-24(17)18/h5-7,10,17H,4,8-9H2,1-3H3,(H,21,22,23). The maximum Gasteiger partial charge on any atom is 0.226 e. The Labute approximate surface area is 160 Å². The van der Waals surface area contributed by atoms with Gasteiger partial charge in [0.2, 0.25) is 5.95 Å². The summed E-state index contributed by atoms with van der Waals surface area (Å²) in [6, 6.07) is 5.54. The van der Waals surface area contributed by atoms with E-state index in [1.54, 1.807) is 4.68 Å². The predicted molar refractivity (Wildman–Crippen MR) is 102 cm³/mol. The van der Waals surface area contributed by atoms with E-state index in [0.717, 1.165) is 33.5 Å². The van der Waals surface area contributed by atoms with Crippen molar-refractivity contribution in [1.29, 1.82) is 0 Å². The van der Waals surface area contributed by atoms with E-state index in [0.29, 0.717) is 19.0 Å². The Bertz CT molecular complexity index is 916. The fourth-order valence-electron chi connectivity index (χ4n) is 3.86. The highest BCUT2D eigenvalue weighted by Gasteiger charge is 2.42. The zero-order chi connectivity index (χ0) is 18.5. The van der Waals surface area contributed by atoms with Gasteiger partial charge in [0.15, 0.2) is 5.78 Å². The molecule has 0 amide bonds. The molecular formula is C19H21BrN4O2. The highest BCUT2D eigenvalue weighted by molar-refractivity contribution is 9.10. The topological polar surface area (TPSA) is 69.0 Å². The summed E-state index contributed by atoms with van der Waals surface area (Å²) in [6.45, 7) is 6.75. The Hall–Kier alpha value is -2.15. The highest BCUT2D eigenvalue weighted by Crippen LogP contribution is 2.47. The number of anilines is 1. The van der Waals surface area contributed by atoms with E-state index in [2.05, 4.69) is 45.2 Å². The van der Waals surface area contributed by atoms with Gasteiger partial charge in [-0.15, -0.1) is 0 Å². The number of carbonyl (C=O) groups excluding carboxylic acids is 1. The zero-order valence-electron chi connectivity index (χ0n) is 15.0. The van der Waals surface area contributed by atoms with Crippen molar-refractivity contribution in [2.24, 2.45) is 5.41 Å². The number of rotatable bonds is 3. The van der Waals surface area contributed by atoms with Crippen molar-refractivity contribution in [3.63, 3.8) is 0 Å². The molecule has 7 heteroatoms. The number of hydrogen-bond donors (Lipinski definition) is 1. The second-order valence-electron chi connectivity index (χ2n) is 7.50. The van der Waals surface area contributed by atoms with Crippen LogP contribution in [0.2, 0.25) is 0 Å². The largest absolute Gasteiger partial charge is 0.494 e. The summed E-state index contributed by atoms with van der Waals surface area (Å²) in [6.07, 6.45) is 2.84. The van der Waals surface area contributed by atoms with E-state index in [9.17, 15) is 4.79 Å². The molecule has 1 aliphatic carbocycles. The molecule has 1 aromatic heterocycles. The number of carbonyl (C=O) groups is 1. The van der Waals surface area contributed by atoms with Crippen LogP contribution in [0.25, 0.3) is 0 Å². The minimum Gasteiger partial charge on any atom is -0.494 e. The van der Waals surface area contributed by atoms with E-state index in [-0.39, 0.29) is 17.2 Å². The molecule has 4 rings (SSSR count). The summed E-state index contributed by atoms with van der Waals surface area (Å²) in [5.74, 6) is 1.56. The van der Waals surface area contributed by atoms with Gasteiger partial charge < -0.3 is 10.1 Å². The third kappa shape index (κ3) is 2.84. The number of ether oxygens (including phenoxy) is 1. The van der Waals surface area contributed by atoms with Crippen LogP contribution in [0.5, 0.6) is 5.75 Å². The Morgan fingerprint density at radius 3 is 2.96 bits per heavy atom. The van der Waals surface area contributed by atoms with Crippen LogP contribution in [0.4, 0.5) is 5.95 Å². The number of ketones is 1. The first kappa shape index (κ1) is 17.3. The lowest BCUT2D eigenvalue weighted by atomic mass is 9.73. The van der Waals surface area contributed by atoms with Gasteiger partial charge in [0.05, 0.1) is 6.61 Å². The molecule has 1 aliphatic heterocycles. The molecule has 0 saturated heterocycles. The molecule has 0 radical (unpaired) electrons. The van der Waals surface area contributed by atoms with Crippen LogP contribution in [-0.4, -0.2) is 27.2 Å². The normalized spacial score (nSPS) is 21.1. The lowest BCUT2D eigenvalue weighted by Crippen LogP contribution is -2.36. The number of halogens is 1. The first-order valence-electron chi connectivity index (χ1n) is 8.74. The molecule has 1 unspecified atom stereocenters. The number of allylic oxidation sites excluding steroid dienone is 2. The van der Waals surface area contributed by atoms with Gasteiger partial charge in [-0.1, -0.05) is 29.8 Å². The van der Waals surface area contributed by atoms with Gasteiger partial charge in [0, 0.05) is 27.7 Å². The van der Waals surface area contributed by atoms with Gasteiger partial charge in [-0.25, -0.2) is 4.68 Å². The first-order chi connectivity index (χ1) is 12.4. The quantitative estimate of drug-likeness (QED) is 0.815. The second kappa shape index (κ2) is 6.23. The van der Waals surface area contributed by atoms with Crippen molar-refractivity contribution >= 4 is 27.7 Å². The van der Waals surface area contributed by atoms with E-state index in [1.807, 2.05) is 25.1 Å². The van der Waals surface area contributed by atoms with Crippen LogP contribution in [-0.2, 0) is 4.79 Å². The second-order valence-corrected chi connectivity index (χ2v) is 8.42. The average molecular weight is 417 g/mol. The fourth-order valence-corrected chi connectivity index (χ4v) is 4.24. The number of aromatic nitrogens is 3. The number of hydrogen-bond acceptors (Lipinski definition) is 5. The van der Waals surface area contributed by atoms with E-state index in [4.69, 9.17) is 4.74 Å². The molecule has 6 nitrogen and oxygen atoms in total. The molecule has 26 heavy (non-hydrogen) atoms. The van der Waals surface area contributed by atoms with E-state index in [1.165, 1.54) is 6.33 Å². The third-order valence-electron chi connectivity index (χ3n) is 4.84. The van der Waals surface area contributed by atoms with Gasteiger partial charge in [-0.3, -0.25) is 4.79 Å². The summed E-state index contributed by atoms with van der Waals surface area (Å²) < 4.78 is 8.57. The fraction of sp³-hybridized carbons (Fsp3) is 0.421. The molecule has 1 N–H and O–H groups in total. The Balaban J connectivity index is 1.93. The van der Waals surface area contributed by atoms with Gasteiger partial charge >= 0.3 is 0 Å². The van der Waals surface area contributed by atoms with Crippen molar-refractivity contribution < 1.29 is 9.53 Å². The smallest absolute Gasteiger partial charge is 0.226 e. The maximum atomic E-state index is 13.1. The summed E-state index contributed by atoms with van der Waals surface area (Å²) in [4.78, 5) is 17.4. The molecule has 2 aliphatic rings. The molecule has 0 bridgehead atoms. The van der Waals surface area contributed by atoms with Crippen molar-refractivity contribution in [2.45, 2.75) is 39.7 Å². The van der Waals surface area contributed by atoms with E-state index < -0.39 is 0 Å². The molecule has 2 aromatic rings. The Kier molecular flexibility index (Phi) is 4.14. The summed E-state index contributed by atoms with van der Waals surface area (Å²) in [5, 5.41) is 7.72. The minimum absolute atomic E-state index is 0.0737. The molecule has 136 valence electrons. The van der Waals surface area contributed by atoms with Crippen LogP contribution in [0.1, 0.15) is 45.2 Å². The predicted octanol–water partition coefficient (Wildman–Crippen LogP) is 4.10. The molecule has 0 fully saturated rings. The van der Waals surface area contributed by atoms with Crippen LogP contribution >= 0.6 is 15.9 Å². The van der Waals surface area contributed by atoms with Gasteiger partial charge in [0.1, 0.15) is 18.1 Å². The summed E-state index contributed by atoms with van der Waals surface area (Å²) in [5.41, 5.74) is 2.55. The van der Waals surface area contributed by atoms with Crippen LogP contribution in [0.3, 0.4) is 0 Å². The molecular weight excluding hydrogens is 396 g/mol. The summed E-state index contributed by atoms with van der Waals surface area (Å²) >= 11 is 3.55. The Morgan fingerprint density at radius 2 is 2.19 bits per heavy atom. The van der Waals surface area contributed by atoms with E-state index >= 15 is 0 Å². The molecule has 1 aromatic carbocycles. The van der Waals surface area contributed by atoms with Gasteiger partial charge in [-0.05, 0) is 37.0 Å². The van der Waals surface area contributed by atoms with Crippen molar-refractivity contribution in [1.82, 2.24) is 14.8 Å². The van der Waals surface area contributed by atoms with Crippen LogP contribution in [0.15, 0.2) is 40.3 Å². The minimum atomic E-state index is -0.341. The highest BCUT2D eigenvalue weighted by atomic mass is 79.9. The molecule has 1 atom stereocenters. The maximum absolute atomic E-state index is 13.1. The summed E-state index contributed by atoms with van der Waals surface area (Å²) in [7, 11) is 0. The first-order valence-corrected chi connectivity index (χ1v) is 9.54. The van der Waals surface area contributed by atoms with Crippen LogP contribution < -0.4 is 10.1 Å². The molecule has 0 spiro atoms. The van der Waals surface area contributed by atoms with Crippen molar-refractivity contribution in [2.75, 3.05) is 11.9 Å². The zero-order valence-corrected chi connectivity index (χ0v) is 16.6. The number of nitrogens with one attached hydrogen (secondary N) is 1. The number of benzene rings is 1. The number of fused-ring (bicyclic) bond motifs is 1. The lowest BCUT2D eigenvalue weighted by Gasteiger charge is -2.38. The van der Waals surface area contributed by atoms with Crippen molar-refractivity contribution in [3.8, 4) is 5.75 Å². The van der Waals surface area contributed by atoms with Gasteiger partial charge in [0.25, 0.3) is 0 Å². The average Bonchev–Trinajstić information content (AvgIpc) is 3.01. The lowest BCUT2D eigenvalue weighted by molar-refractivity contribution is -0.118. The number of nitrogens with zero attached hydrogens (tertiary/aromatic N) is 3.